The van der Waals surface area contributed by atoms with Crippen molar-refractivity contribution in [2.24, 2.45) is 11.3 Å². The number of sulfonamides is 1. The molecule has 7 heteroatoms. The number of nitrogens with one attached hydrogen (secondary N) is 1. The molecule has 6 nitrogen and oxygen atoms in total. The van der Waals surface area contributed by atoms with Gasteiger partial charge < -0.3 is 9.73 Å². The molecule has 150 valence electrons. The first-order chi connectivity index (χ1) is 13.5. The topological polar surface area (TPSA) is 79.6 Å². The van der Waals surface area contributed by atoms with E-state index in [4.69, 9.17) is 4.42 Å². The third-order valence-electron chi connectivity index (χ3n) is 6.18. The van der Waals surface area contributed by atoms with E-state index in [1.807, 2.05) is 6.07 Å². The van der Waals surface area contributed by atoms with E-state index in [0.29, 0.717) is 18.8 Å². The van der Waals surface area contributed by atoms with Crippen LogP contribution in [0, 0.1) is 11.3 Å². The number of rotatable bonds is 5. The van der Waals surface area contributed by atoms with Gasteiger partial charge in [0, 0.05) is 13.1 Å². The van der Waals surface area contributed by atoms with Crippen LogP contribution in [-0.4, -0.2) is 31.7 Å². The second-order valence-corrected chi connectivity index (χ2v) is 9.82. The minimum atomic E-state index is -3.60. The van der Waals surface area contributed by atoms with Gasteiger partial charge >= 0.3 is 0 Å². The van der Waals surface area contributed by atoms with Gasteiger partial charge in [-0.1, -0.05) is 37.5 Å². The summed E-state index contributed by atoms with van der Waals surface area (Å²) in [5.41, 5.74) is -0.270. The molecule has 4 rings (SSSR count). The number of hydrogen-bond acceptors (Lipinski definition) is 4. The normalized spacial score (nSPS) is 22.4. The zero-order valence-electron chi connectivity index (χ0n) is 15.8. The van der Waals surface area contributed by atoms with Gasteiger partial charge in [0.15, 0.2) is 0 Å². The van der Waals surface area contributed by atoms with Gasteiger partial charge in [-0.15, -0.1) is 0 Å². The fourth-order valence-corrected chi connectivity index (χ4v) is 6.25. The summed E-state index contributed by atoms with van der Waals surface area (Å²) in [7, 11) is -3.60. The molecule has 2 aliphatic rings. The molecular formula is C21H26N2O4S. The Morgan fingerprint density at radius 3 is 2.54 bits per heavy atom. The number of furan rings is 1. The lowest BCUT2D eigenvalue weighted by Gasteiger charge is -2.37. The number of carbonyl (C=O) groups is 1. The molecule has 1 aliphatic carbocycles. The molecule has 2 fully saturated rings. The molecule has 1 aromatic heterocycles. The molecule has 28 heavy (non-hydrogen) atoms. The van der Waals surface area contributed by atoms with E-state index >= 15 is 0 Å². The van der Waals surface area contributed by atoms with Crippen molar-refractivity contribution in [3.05, 3.63) is 54.5 Å². The van der Waals surface area contributed by atoms with Crippen LogP contribution in [-0.2, 0) is 21.4 Å². The van der Waals surface area contributed by atoms with Crippen molar-refractivity contribution in [2.45, 2.75) is 43.5 Å². The molecule has 1 saturated heterocycles. The van der Waals surface area contributed by atoms with Crippen LogP contribution in [0.3, 0.4) is 0 Å². The molecule has 1 aromatic carbocycles. The predicted molar refractivity (Wildman–Crippen MR) is 105 cm³/mol. The van der Waals surface area contributed by atoms with Crippen LogP contribution in [0.5, 0.6) is 0 Å². The smallest absolute Gasteiger partial charge is 0.243 e. The van der Waals surface area contributed by atoms with Gasteiger partial charge in [0.25, 0.3) is 0 Å². The van der Waals surface area contributed by atoms with E-state index in [-0.39, 0.29) is 28.7 Å². The minimum Gasteiger partial charge on any atom is -0.467 e. The van der Waals surface area contributed by atoms with E-state index in [9.17, 15) is 13.2 Å². The summed E-state index contributed by atoms with van der Waals surface area (Å²) in [5.74, 6) is 0.281. The number of hydrogen-bond donors (Lipinski definition) is 1. The lowest BCUT2D eigenvalue weighted by molar-refractivity contribution is -0.128. The van der Waals surface area contributed by atoms with E-state index in [2.05, 4.69) is 5.32 Å². The quantitative estimate of drug-likeness (QED) is 0.833. The average molecular weight is 403 g/mol. The molecule has 2 heterocycles. The molecule has 1 aliphatic heterocycles. The minimum absolute atomic E-state index is 0.0796. The number of amides is 1. The molecule has 0 radical (unpaired) electrons. The van der Waals surface area contributed by atoms with Gasteiger partial charge in [-0.25, -0.2) is 8.42 Å². The Kier molecular flexibility index (Phi) is 5.29. The Bertz CT molecular complexity index is 903. The van der Waals surface area contributed by atoms with Gasteiger partial charge in [0.1, 0.15) is 5.76 Å². The molecule has 1 atom stereocenters. The van der Waals surface area contributed by atoms with Crippen molar-refractivity contribution in [1.82, 2.24) is 9.62 Å². The Balaban J connectivity index is 1.56. The highest BCUT2D eigenvalue weighted by atomic mass is 32.2. The Morgan fingerprint density at radius 1 is 1.11 bits per heavy atom. The van der Waals surface area contributed by atoms with Gasteiger partial charge in [-0.3, -0.25) is 4.79 Å². The molecule has 1 saturated carbocycles. The second-order valence-electron chi connectivity index (χ2n) is 7.88. The van der Waals surface area contributed by atoms with E-state index in [1.54, 1.807) is 42.7 Å². The van der Waals surface area contributed by atoms with Crippen molar-refractivity contribution < 1.29 is 17.6 Å². The molecular weight excluding hydrogens is 376 g/mol. The third kappa shape index (κ3) is 3.61. The van der Waals surface area contributed by atoms with E-state index < -0.39 is 10.0 Å². The third-order valence-corrected chi connectivity index (χ3v) is 8.01. The average Bonchev–Trinajstić information content (AvgIpc) is 3.36. The van der Waals surface area contributed by atoms with Crippen molar-refractivity contribution in [1.29, 1.82) is 0 Å². The number of benzene rings is 1. The standard InChI is InChI=1S/C21H26N2O4S/c24-20(22-14-17-8-7-13-27-17)19-15-23(16-21(19)11-5-2-6-12-21)28(25,26)18-9-3-1-4-10-18/h1,3-4,7-10,13,19H,2,5-6,11-12,14-16H2,(H,22,24)/t19-/m1/s1. The van der Waals surface area contributed by atoms with Crippen molar-refractivity contribution in [3.63, 3.8) is 0 Å². The highest BCUT2D eigenvalue weighted by Crippen LogP contribution is 2.48. The van der Waals surface area contributed by atoms with Crippen LogP contribution < -0.4 is 5.32 Å². The lowest BCUT2D eigenvalue weighted by atomic mass is 9.67. The molecule has 2 aromatic rings. The van der Waals surface area contributed by atoms with Crippen LogP contribution in [0.1, 0.15) is 37.9 Å². The summed E-state index contributed by atoms with van der Waals surface area (Å²) in [5, 5.41) is 2.96. The van der Waals surface area contributed by atoms with Crippen molar-refractivity contribution >= 4 is 15.9 Å². The predicted octanol–water partition coefficient (Wildman–Crippen LogP) is 3.17. The Labute approximate surface area is 166 Å². The van der Waals surface area contributed by atoms with E-state index in [1.165, 1.54) is 4.31 Å². The molecule has 1 spiro atoms. The summed E-state index contributed by atoms with van der Waals surface area (Å²) < 4.78 is 33.1. The van der Waals surface area contributed by atoms with Gasteiger partial charge in [0.2, 0.25) is 15.9 Å². The van der Waals surface area contributed by atoms with Crippen LogP contribution >= 0.6 is 0 Å². The Hall–Kier alpha value is -2.12. The highest BCUT2D eigenvalue weighted by molar-refractivity contribution is 7.89. The number of nitrogens with zero attached hydrogens (tertiary/aromatic N) is 1. The zero-order valence-corrected chi connectivity index (χ0v) is 16.7. The summed E-state index contributed by atoms with van der Waals surface area (Å²) >= 11 is 0. The maximum Gasteiger partial charge on any atom is 0.243 e. The maximum absolute atomic E-state index is 13.2. The van der Waals surface area contributed by atoms with Gasteiger partial charge in [0.05, 0.1) is 23.6 Å². The largest absolute Gasteiger partial charge is 0.467 e. The van der Waals surface area contributed by atoms with Crippen molar-refractivity contribution in [2.75, 3.05) is 13.1 Å². The zero-order chi connectivity index (χ0) is 19.6. The van der Waals surface area contributed by atoms with Crippen LogP contribution in [0.15, 0.2) is 58.0 Å². The molecule has 0 bridgehead atoms. The van der Waals surface area contributed by atoms with E-state index in [0.717, 1.165) is 32.1 Å². The summed E-state index contributed by atoms with van der Waals surface area (Å²) in [6.07, 6.45) is 6.60. The first-order valence-corrected chi connectivity index (χ1v) is 11.3. The molecule has 0 unspecified atom stereocenters. The molecule has 1 N–H and O–H groups in total. The fraction of sp³-hybridized carbons (Fsp3) is 0.476. The summed E-state index contributed by atoms with van der Waals surface area (Å²) in [6, 6.07) is 12.1. The SMILES string of the molecule is O=C(NCc1ccco1)[C@H]1CN(S(=O)(=O)c2ccccc2)CC12CCCCC2. The maximum atomic E-state index is 13.2. The van der Waals surface area contributed by atoms with Crippen LogP contribution in [0.2, 0.25) is 0 Å². The van der Waals surface area contributed by atoms with Crippen LogP contribution in [0.4, 0.5) is 0 Å². The molecule has 1 amide bonds. The summed E-state index contributed by atoms with van der Waals surface area (Å²) in [6.45, 7) is 0.980. The lowest BCUT2D eigenvalue weighted by Crippen LogP contribution is -2.42. The van der Waals surface area contributed by atoms with Gasteiger partial charge in [-0.05, 0) is 42.5 Å². The Morgan fingerprint density at radius 2 is 1.86 bits per heavy atom. The monoisotopic (exact) mass is 402 g/mol. The first-order valence-electron chi connectivity index (χ1n) is 9.87. The van der Waals surface area contributed by atoms with Crippen molar-refractivity contribution in [3.8, 4) is 0 Å². The summed E-state index contributed by atoms with van der Waals surface area (Å²) in [4.78, 5) is 13.3. The fourth-order valence-electron chi connectivity index (χ4n) is 4.68. The highest BCUT2D eigenvalue weighted by Gasteiger charge is 2.53. The first kappa shape index (κ1) is 19.2. The van der Waals surface area contributed by atoms with Crippen LogP contribution in [0.25, 0.3) is 0 Å². The number of carbonyl (C=O) groups excluding carboxylic acids is 1. The second kappa shape index (κ2) is 7.72. The van der Waals surface area contributed by atoms with Gasteiger partial charge in [-0.2, -0.15) is 4.31 Å².